The van der Waals surface area contributed by atoms with Crippen LogP contribution in [-0.2, 0) is 9.53 Å². The minimum Gasteiger partial charge on any atom is -0.457 e. The summed E-state index contributed by atoms with van der Waals surface area (Å²) in [6.07, 6.45) is 0. The van der Waals surface area contributed by atoms with Crippen molar-refractivity contribution in [2.75, 3.05) is 37.7 Å². The Balaban J connectivity index is 1.28. The molecule has 0 spiro atoms. The predicted molar refractivity (Wildman–Crippen MR) is 128 cm³/mol. The summed E-state index contributed by atoms with van der Waals surface area (Å²) in [5.74, 6) is -0.482. The van der Waals surface area contributed by atoms with E-state index >= 15 is 0 Å². The Bertz CT molecular complexity index is 1220. The lowest BCUT2D eigenvalue weighted by Gasteiger charge is -2.36. The topological polar surface area (TPSA) is 76.2 Å². The number of amides is 1. The van der Waals surface area contributed by atoms with Gasteiger partial charge >= 0.3 is 5.97 Å². The van der Waals surface area contributed by atoms with Gasteiger partial charge in [-0.1, -0.05) is 24.3 Å². The standard InChI is InChI=1S/C27H25FN2O5/c1-19(31)20-10-11-25(24(28)17-20)29-12-14-30(15-13-29)26(32)18-34-27(33)21-6-5-9-23(16-21)35-22-7-3-2-4-8-22/h2-11,16-17H,12-15,18H2,1H3. The molecule has 3 aromatic carbocycles. The third-order valence-corrected chi connectivity index (χ3v) is 5.70. The van der Waals surface area contributed by atoms with Crippen molar-refractivity contribution >= 4 is 23.3 Å². The Morgan fingerprint density at radius 2 is 1.54 bits per heavy atom. The van der Waals surface area contributed by atoms with E-state index in [1.165, 1.54) is 13.0 Å². The lowest BCUT2D eigenvalue weighted by Crippen LogP contribution is -2.50. The number of hydrogen-bond acceptors (Lipinski definition) is 6. The molecule has 0 atom stereocenters. The molecule has 0 aliphatic carbocycles. The van der Waals surface area contributed by atoms with E-state index in [1.807, 2.05) is 23.1 Å². The molecule has 0 unspecified atom stereocenters. The molecule has 7 nitrogen and oxygen atoms in total. The molecule has 0 bridgehead atoms. The van der Waals surface area contributed by atoms with Gasteiger partial charge in [0.05, 0.1) is 11.3 Å². The summed E-state index contributed by atoms with van der Waals surface area (Å²) in [5, 5.41) is 0. The van der Waals surface area contributed by atoms with Gasteiger partial charge < -0.3 is 19.3 Å². The van der Waals surface area contributed by atoms with Gasteiger partial charge in [0.1, 0.15) is 17.3 Å². The van der Waals surface area contributed by atoms with Crippen LogP contribution in [0.4, 0.5) is 10.1 Å². The number of esters is 1. The number of rotatable bonds is 7. The molecule has 1 aliphatic heterocycles. The van der Waals surface area contributed by atoms with E-state index in [9.17, 15) is 18.8 Å². The maximum Gasteiger partial charge on any atom is 0.338 e. The first kappa shape index (κ1) is 23.9. The van der Waals surface area contributed by atoms with Crippen LogP contribution in [0.5, 0.6) is 11.5 Å². The first-order chi connectivity index (χ1) is 16.9. The van der Waals surface area contributed by atoms with Gasteiger partial charge in [-0.2, -0.15) is 0 Å². The Labute approximate surface area is 202 Å². The molecule has 0 saturated carbocycles. The third kappa shape index (κ3) is 6.03. The molecule has 35 heavy (non-hydrogen) atoms. The second-order valence-electron chi connectivity index (χ2n) is 8.11. The van der Waals surface area contributed by atoms with Gasteiger partial charge in [0.15, 0.2) is 12.4 Å². The lowest BCUT2D eigenvalue weighted by molar-refractivity contribution is -0.134. The Kier molecular flexibility index (Phi) is 7.40. The number of carbonyl (C=O) groups is 3. The van der Waals surface area contributed by atoms with Crippen molar-refractivity contribution in [1.82, 2.24) is 4.90 Å². The molecule has 1 amide bonds. The zero-order valence-electron chi connectivity index (χ0n) is 19.3. The van der Waals surface area contributed by atoms with Gasteiger partial charge in [-0.05, 0) is 55.5 Å². The SMILES string of the molecule is CC(=O)c1ccc(N2CCN(C(=O)COC(=O)c3cccc(Oc4ccccc4)c3)CC2)c(F)c1. The molecule has 1 aliphatic rings. The highest BCUT2D eigenvalue weighted by Crippen LogP contribution is 2.23. The van der Waals surface area contributed by atoms with Crippen LogP contribution in [0.2, 0.25) is 0 Å². The van der Waals surface area contributed by atoms with Crippen molar-refractivity contribution in [3.63, 3.8) is 0 Å². The van der Waals surface area contributed by atoms with E-state index < -0.39 is 11.8 Å². The number of hydrogen-bond donors (Lipinski definition) is 0. The molecular formula is C27H25FN2O5. The molecule has 180 valence electrons. The largest absolute Gasteiger partial charge is 0.457 e. The summed E-state index contributed by atoms with van der Waals surface area (Å²) in [6, 6.07) is 20.1. The van der Waals surface area contributed by atoms with Gasteiger partial charge in [0, 0.05) is 31.7 Å². The maximum absolute atomic E-state index is 14.4. The zero-order valence-corrected chi connectivity index (χ0v) is 19.3. The van der Waals surface area contributed by atoms with Crippen LogP contribution in [0.3, 0.4) is 0 Å². The van der Waals surface area contributed by atoms with E-state index in [0.717, 1.165) is 0 Å². The van der Waals surface area contributed by atoms with Crippen LogP contribution in [0, 0.1) is 5.82 Å². The van der Waals surface area contributed by atoms with Crippen molar-refractivity contribution < 1.29 is 28.2 Å². The number of anilines is 1. The number of ketones is 1. The molecule has 0 radical (unpaired) electrons. The fourth-order valence-electron chi connectivity index (χ4n) is 3.79. The monoisotopic (exact) mass is 476 g/mol. The van der Waals surface area contributed by atoms with Gasteiger partial charge in [0.25, 0.3) is 5.91 Å². The van der Waals surface area contributed by atoms with Gasteiger partial charge in [-0.3, -0.25) is 9.59 Å². The van der Waals surface area contributed by atoms with E-state index in [2.05, 4.69) is 0 Å². The van der Waals surface area contributed by atoms with Crippen molar-refractivity contribution in [2.24, 2.45) is 0 Å². The quantitative estimate of drug-likeness (QED) is 0.373. The Hall–Kier alpha value is -4.20. The number of piperazine rings is 1. The van der Waals surface area contributed by atoms with Crippen LogP contribution in [0.25, 0.3) is 0 Å². The molecule has 8 heteroatoms. The molecule has 0 aromatic heterocycles. The van der Waals surface area contributed by atoms with Crippen LogP contribution < -0.4 is 9.64 Å². The summed E-state index contributed by atoms with van der Waals surface area (Å²) < 4.78 is 25.4. The molecule has 1 saturated heterocycles. The third-order valence-electron chi connectivity index (χ3n) is 5.70. The molecular weight excluding hydrogens is 451 g/mol. The summed E-state index contributed by atoms with van der Waals surface area (Å²) >= 11 is 0. The van der Waals surface area contributed by atoms with E-state index in [4.69, 9.17) is 9.47 Å². The second kappa shape index (κ2) is 10.8. The first-order valence-electron chi connectivity index (χ1n) is 11.2. The number of carbonyl (C=O) groups excluding carboxylic acids is 3. The minimum atomic E-state index is -0.622. The normalized spacial score (nSPS) is 13.3. The second-order valence-corrected chi connectivity index (χ2v) is 8.11. The van der Waals surface area contributed by atoms with E-state index in [1.54, 1.807) is 53.4 Å². The van der Waals surface area contributed by atoms with Crippen molar-refractivity contribution in [2.45, 2.75) is 6.92 Å². The van der Waals surface area contributed by atoms with Crippen LogP contribution in [0.1, 0.15) is 27.6 Å². The van der Waals surface area contributed by atoms with Crippen molar-refractivity contribution in [3.05, 3.63) is 89.7 Å². The van der Waals surface area contributed by atoms with Crippen LogP contribution >= 0.6 is 0 Å². The summed E-state index contributed by atoms with van der Waals surface area (Å²) in [4.78, 5) is 39.9. The van der Waals surface area contributed by atoms with Gasteiger partial charge in [-0.25, -0.2) is 9.18 Å². The van der Waals surface area contributed by atoms with Gasteiger partial charge in [0.2, 0.25) is 0 Å². The van der Waals surface area contributed by atoms with E-state index in [0.29, 0.717) is 48.9 Å². The lowest BCUT2D eigenvalue weighted by atomic mass is 10.1. The Morgan fingerprint density at radius 3 is 2.23 bits per heavy atom. The smallest absolute Gasteiger partial charge is 0.338 e. The zero-order chi connectivity index (χ0) is 24.8. The highest BCUT2D eigenvalue weighted by molar-refractivity contribution is 5.94. The highest BCUT2D eigenvalue weighted by Gasteiger charge is 2.24. The van der Waals surface area contributed by atoms with Crippen molar-refractivity contribution in [1.29, 1.82) is 0 Å². The fourth-order valence-corrected chi connectivity index (χ4v) is 3.79. The van der Waals surface area contributed by atoms with Gasteiger partial charge in [-0.15, -0.1) is 0 Å². The number of benzene rings is 3. The van der Waals surface area contributed by atoms with E-state index in [-0.39, 0.29) is 23.9 Å². The average molecular weight is 477 g/mol. The molecule has 4 rings (SSSR count). The maximum atomic E-state index is 14.4. The fraction of sp³-hybridized carbons (Fsp3) is 0.222. The summed E-state index contributed by atoms with van der Waals surface area (Å²) in [6.45, 7) is 2.59. The number of halogens is 1. The highest BCUT2D eigenvalue weighted by atomic mass is 19.1. The Morgan fingerprint density at radius 1 is 0.829 bits per heavy atom. The van der Waals surface area contributed by atoms with Crippen molar-refractivity contribution in [3.8, 4) is 11.5 Å². The molecule has 1 fully saturated rings. The summed E-state index contributed by atoms with van der Waals surface area (Å²) in [7, 11) is 0. The predicted octanol–water partition coefficient (Wildman–Crippen LogP) is 4.33. The number of para-hydroxylation sites is 1. The molecule has 3 aromatic rings. The first-order valence-corrected chi connectivity index (χ1v) is 11.2. The number of Topliss-reactive ketones (excluding diaryl/α,β-unsaturated/α-hetero) is 1. The summed E-state index contributed by atoms with van der Waals surface area (Å²) in [5.41, 5.74) is 0.991. The average Bonchev–Trinajstić information content (AvgIpc) is 2.88. The van der Waals surface area contributed by atoms with Crippen LogP contribution in [0.15, 0.2) is 72.8 Å². The molecule has 1 heterocycles. The number of ether oxygens (including phenoxy) is 2. The van der Waals surface area contributed by atoms with Crippen LogP contribution in [-0.4, -0.2) is 55.3 Å². The number of nitrogens with zero attached hydrogens (tertiary/aromatic N) is 2. The molecule has 0 N–H and O–H groups in total. The minimum absolute atomic E-state index is 0.198.